The zero-order valence-corrected chi connectivity index (χ0v) is 18.9. The largest absolute Gasteiger partial charge is 0.375 e. The molecule has 168 valence electrons. The topological polar surface area (TPSA) is 57.6 Å². The van der Waals surface area contributed by atoms with Crippen LogP contribution in [0.2, 0.25) is 0 Å². The van der Waals surface area contributed by atoms with Crippen molar-refractivity contribution in [3.05, 3.63) is 125 Å². The van der Waals surface area contributed by atoms with Crippen molar-refractivity contribution < 1.29 is 14.7 Å². The molecule has 1 unspecified atom stereocenters. The van der Waals surface area contributed by atoms with Crippen molar-refractivity contribution in [2.45, 2.75) is 25.5 Å². The predicted octanol–water partition coefficient (Wildman–Crippen LogP) is 5.67. The van der Waals surface area contributed by atoms with E-state index in [9.17, 15) is 14.7 Å². The third kappa shape index (κ3) is 3.93. The van der Waals surface area contributed by atoms with Crippen molar-refractivity contribution in [3.8, 4) is 11.1 Å². The maximum Gasteiger partial charge on any atom is 0.264 e. The van der Waals surface area contributed by atoms with E-state index in [0.717, 1.165) is 22.3 Å². The lowest BCUT2D eigenvalue weighted by atomic mass is 9.88. The number of hydrogen-bond donors (Lipinski definition) is 1. The Kier molecular flexibility index (Phi) is 5.60. The summed E-state index contributed by atoms with van der Waals surface area (Å²) in [6, 6.07) is 32.3. The molecule has 1 heterocycles. The molecule has 4 nitrogen and oxygen atoms in total. The molecule has 0 saturated heterocycles. The standard InChI is InChI=1S/C30H25NO3/c1-21-11-13-22(14-12-21)20-31-27-10-6-5-9-26(27)30(34,29(31)33)19-28(32)25-17-15-24(16-18-25)23-7-3-2-4-8-23/h2-18,34H,19-20H2,1H3. The van der Waals surface area contributed by atoms with Crippen LogP contribution in [0.15, 0.2) is 103 Å². The molecule has 5 rings (SSSR count). The molecule has 0 bridgehead atoms. The lowest BCUT2D eigenvalue weighted by molar-refractivity contribution is -0.136. The summed E-state index contributed by atoms with van der Waals surface area (Å²) in [5, 5.41) is 11.6. The number of benzene rings is 4. The number of aryl methyl sites for hydroxylation is 1. The minimum Gasteiger partial charge on any atom is -0.375 e. The number of amides is 1. The molecule has 0 saturated carbocycles. The van der Waals surface area contributed by atoms with E-state index in [1.54, 1.807) is 29.2 Å². The fraction of sp³-hybridized carbons (Fsp3) is 0.133. The zero-order chi connectivity index (χ0) is 23.7. The molecule has 0 aliphatic carbocycles. The summed E-state index contributed by atoms with van der Waals surface area (Å²) >= 11 is 0. The summed E-state index contributed by atoms with van der Waals surface area (Å²) in [5.74, 6) is -0.744. The van der Waals surface area contributed by atoms with Crippen molar-refractivity contribution in [2.75, 3.05) is 4.90 Å². The highest BCUT2D eigenvalue weighted by atomic mass is 16.3. The molecule has 1 aliphatic heterocycles. The Bertz CT molecular complexity index is 1340. The summed E-state index contributed by atoms with van der Waals surface area (Å²) < 4.78 is 0. The van der Waals surface area contributed by atoms with Crippen molar-refractivity contribution in [1.29, 1.82) is 0 Å². The highest BCUT2D eigenvalue weighted by Crippen LogP contribution is 2.43. The molecule has 1 amide bonds. The van der Waals surface area contributed by atoms with Crippen LogP contribution in [0.1, 0.15) is 33.5 Å². The number of Topliss-reactive ketones (excluding diaryl/α,β-unsaturated/α-hetero) is 1. The molecular formula is C30H25NO3. The van der Waals surface area contributed by atoms with Crippen LogP contribution in [0.25, 0.3) is 11.1 Å². The molecule has 4 heteroatoms. The third-order valence-corrected chi connectivity index (χ3v) is 6.43. The number of nitrogens with zero attached hydrogens (tertiary/aromatic N) is 1. The summed E-state index contributed by atoms with van der Waals surface area (Å²) in [4.78, 5) is 28.2. The van der Waals surface area contributed by atoms with E-state index in [0.29, 0.717) is 23.4 Å². The Morgan fingerprint density at radius 2 is 1.41 bits per heavy atom. The first kappa shape index (κ1) is 21.8. The van der Waals surface area contributed by atoms with Crippen LogP contribution in [-0.4, -0.2) is 16.8 Å². The van der Waals surface area contributed by atoms with Gasteiger partial charge in [-0.2, -0.15) is 0 Å². The molecule has 1 aliphatic rings. The number of anilines is 1. The van der Waals surface area contributed by atoms with Gasteiger partial charge in [-0.05, 0) is 29.7 Å². The number of ketones is 1. The number of carbonyl (C=O) groups excluding carboxylic acids is 2. The molecule has 4 aromatic carbocycles. The Balaban J connectivity index is 1.41. The van der Waals surface area contributed by atoms with Crippen LogP contribution in [0, 0.1) is 6.92 Å². The van der Waals surface area contributed by atoms with Gasteiger partial charge in [0.05, 0.1) is 18.7 Å². The normalized spacial score (nSPS) is 17.0. The fourth-order valence-corrected chi connectivity index (χ4v) is 4.52. The number of fused-ring (bicyclic) bond motifs is 1. The van der Waals surface area contributed by atoms with Crippen LogP contribution in [0.4, 0.5) is 5.69 Å². The Hall–Kier alpha value is -4.02. The molecule has 0 fully saturated rings. The SMILES string of the molecule is Cc1ccc(CN2C(=O)C(O)(CC(=O)c3ccc(-c4ccccc4)cc3)c3ccccc32)cc1. The van der Waals surface area contributed by atoms with E-state index < -0.39 is 11.5 Å². The van der Waals surface area contributed by atoms with E-state index >= 15 is 0 Å². The molecule has 34 heavy (non-hydrogen) atoms. The lowest BCUT2D eigenvalue weighted by Crippen LogP contribution is -2.41. The van der Waals surface area contributed by atoms with Gasteiger partial charge >= 0.3 is 0 Å². The summed E-state index contributed by atoms with van der Waals surface area (Å²) in [7, 11) is 0. The minimum atomic E-state index is -1.89. The van der Waals surface area contributed by atoms with Crippen LogP contribution in [0.5, 0.6) is 0 Å². The average Bonchev–Trinajstić information content (AvgIpc) is 3.08. The molecule has 1 N–H and O–H groups in total. The predicted molar refractivity (Wildman–Crippen MR) is 134 cm³/mol. The second-order valence-corrected chi connectivity index (χ2v) is 8.80. The molecule has 0 radical (unpaired) electrons. The molecular weight excluding hydrogens is 422 g/mol. The van der Waals surface area contributed by atoms with E-state index in [2.05, 4.69) is 0 Å². The maximum absolute atomic E-state index is 13.5. The first-order chi connectivity index (χ1) is 16.5. The second kappa shape index (κ2) is 8.73. The van der Waals surface area contributed by atoms with E-state index in [1.165, 1.54) is 0 Å². The van der Waals surface area contributed by atoms with Crippen LogP contribution in [0.3, 0.4) is 0 Å². The lowest BCUT2D eigenvalue weighted by Gasteiger charge is -2.23. The first-order valence-electron chi connectivity index (χ1n) is 11.3. The molecule has 0 spiro atoms. The molecule has 4 aromatic rings. The summed E-state index contributed by atoms with van der Waals surface area (Å²) in [6.07, 6.45) is -0.308. The van der Waals surface area contributed by atoms with Crippen LogP contribution >= 0.6 is 0 Å². The van der Waals surface area contributed by atoms with E-state index in [-0.39, 0.29) is 12.2 Å². The van der Waals surface area contributed by atoms with Crippen molar-refractivity contribution in [3.63, 3.8) is 0 Å². The molecule has 1 atom stereocenters. The van der Waals surface area contributed by atoms with Crippen LogP contribution < -0.4 is 4.90 Å². The maximum atomic E-state index is 13.5. The van der Waals surface area contributed by atoms with Gasteiger partial charge in [0.25, 0.3) is 5.91 Å². The molecule has 0 aromatic heterocycles. The number of hydrogen-bond acceptors (Lipinski definition) is 3. The fourth-order valence-electron chi connectivity index (χ4n) is 4.52. The van der Waals surface area contributed by atoms with E-state index in [1.807, 2.05) is 85.8 Å². The van der Waals surface area contributed by atoms with Gasteiger partial charge in [0.1, 0.15) is 0 Å². The average molecular weight is 448 g/mol. The van der Waals surface area contributed by atoms with E-state index in [4.69, 9.17) is 0 Å². The van der Waals surface area contributed by atoms with Gasteiger partial charge in [-0.25, -0.2) is 0 Å². The van der Waals surface area contributed by atoms with Gasteiger partial charge in [0.15, 0.2) is 11.4 Å². The van der Waals surface area contributed by atoms with Gasteiger partial charge in [0.2, 0.25) is 0 Å². The summed E-state index contributed by atoms with van der Waals surface area (Å²) in [5.41, 5.74) is 3.85. The van der Waals surface area contributed by atoms with Gasteiger partial charge < -0.3 is 10.0 Å². The quantitative estimate of drug-likeness (QED) is 0.388. The highest BCUT2D eigenvalue weighted by Gasteiger charge is 2.50. The minimum absolute atomic E-state index is 0.276. The number of carbonyl (C=O) groups is 2. The highest BCUT2D eigenvalue weighted by molar-refractivity contribution is 6.10. The number of rotatable bonds is 6. The van der Waals surface area contributed by atoms with Crippen molar-refractivity contribution >= 4 is 17.4 Å². The Morgan fingerprint density at radius 1 is 0.794 bits per heavy atom. The van der Waals surface area contributed by atoms with Crippen LogP contribution in [-0.2, 0) is 16.9 Å². The van der Waals surface area contributed by atoms with Gasteiger partial charge in [-0.1, -0.05) is 103 Å². The zero-order valence-electron chi connectivity index (χ0n) is 18.9. The van der Waals surface area contributed by atoms with Gasteiger partial charge in [0, 0.05) is 11.1 Å². The smallest absolute Gasteiger partial charge is 0.264 e. The second-order valence-electron chi connectivity index (χ2n) is 8.80. The van der Waals surface area contributed by atoms with Gasteiger partial charge in [-0.3, -0.25) is 9.59 Å². The first-order valence-corrected chi connectivity index (χ1v) is 11.3. The number of para-hydroxylation sites is 1. The van der Waals surface area contributed by atoms with Gasteiger partial charge in [-0.15, -0.1) is 0 Å². The number of aliphatic hydroxyl groups is 1. The van der Waals surface area contributed by atoms with Crippen molar-refractivity contribution in [1.82, 2.24) is 0 Å². The third-order valence-electron chi connectivity index (χ3n) is 6.43. The Labute approximate surface area is 199 Å². The van der Waals surface area contributed by atoms with Crippen molar-refractivity contribution in [2.24, 2.45) is 0 Å². The monoisotopic (exact) mass is 447 g/mol. The Morgan fingerprint density at radius 3 is 2.12 bits per heavy atom. The summed E-state index contributed by atoms with van der Waals surface area (Å²) in [6.45, 7) is 2.34.